The van der Waals surface area contributed by atoms with E-state index in [0.717, 1.165) is 4.57 Å². The maximum atomic E-state index is 13.8. The summed E-state index contributed by atoms with van der Waals surface area (Å²) in [5.41, 5.74) is -0.781. The number of fused-ring (bicyclic) bond motifs is 1. The van der Waals surface area contributed by atoms with E-state index in [9.17, 15) is 36.3 Å². The van der Waals surface area contributed by atoms with Crippen LogP contribution in [-0.4, -0.2) is 81.9 Å². The Kier molecular flexibility index (Phi) is 7.26. The molecule has 1 aromatic carbocycles. The van der Waals surface area contributed by atoms with E-state index < -0.39 is 51.5 Å². The zero-order valence-electron chi connectivity index (χ0n) is 21.3. The SMILES string of the molecule is CCn1c(=O)n(-c2nnc(C(F)F)s2)c2cc(S(=O)(=O)NC3(CF)COC3)cc(C3=CC(C)N(C(=O)O)CC3)c21. The topological polar surface area (TPSA) is 149 Å². The van der Waals surface area contributed by atoms with Crippen molar-refractivity contribution in [3.63, 3.8) is 0 Å². The summed E-state index contributed by atoms with van der Waals surface area (Å²) in [6.45, 7) is 2.29. The second-order valence-electron chi connectivity index (χ2n) is 9.60. The number of hydrogen-bond donors (Lipinski definition) is 2. The van der Waals surface area contributed by atoms with E-state index in [-0.39, 0.29) is 48.3 Å². The number of ether oxygens (including phenoxy) is 1. The van der Waals surface area contributed by atoms with Gasteiger partial charge in [0.25, 0.3) is 6.43 Å². The molecule has 0 radical (unpaired) electrons. The molecule has 1 unspecified atom stereocenters. The van der Waals surface area contributed by atoms with Gasteiger partial charge in [0.2, 0.25) is 15.2 Å². The number of amides is 1. The van der Waals surface area contributed by atoms with Gasteiger partial charge in [0, 0.05) is 18.7 Å². The van der Waals surface area contributed by atoms with Crippen molar-refractivity contribution in [2.75, 3.05) is 26.4 Å². The number of nitrogens with one attached hydrogen (secondary N) is 1. The number of sulfonamides is 1. The van der Waals surface area contributed by atoms with E-state index in [1.54, 1.807) is 19.9 Å². The van der Waals surface area contributed by atoms with Gasteiger partial charge in [-0.3, -0.25) is 4.57 Å². The molecule has 4 heterocycles. The molecule has 0 aliphatic carbocycles. The fraction of sp³-hybridized carbons (Fsp3) is 0.478. The van der Waals surface area contributed by atoms with E-state index in [0.29, 0.717) is 28.0 Å². The van der Waals surface area contributed by atoms with Crippen LogP contribution in [0, 0.1) is 0 Å². The van der Waals surface area contributed by atoms with E-state index in [4.69, 9.17) is 4.74 Å². The molecular formula is C23H25F3N6O6S2. The third kappa shape index (κ3) is 4.69. The molecule has 0 saturated carbocycles. The van der Waals surface area contributed by atoms with Gasteiger partial charge in [-0.1, -0.05) is 17.4 Å². The summed E-state index contributed by atoms with van der Waals surface area (Å²) in [4.78, 5) is 26.1. The molecule has 1 atom stereocenters. The smallest absolute Gasteiger partial charge is 0.407 e. The van der Waals surface area contributed by atoms with Crippen LogP contribution in [0.2, 0.25) is 0 Å². The Morgan fingerprint density at radius 3 is 2.58 bits per heavy atom. The van der Waals surface area contributed by atoms with Crippen molar-refractivity contribution in [1.29, 1.82) is 0 Å². The molecule has 216 valence electrons. The van der Waals surface area contributed by atoms with Crippen molar-refractivity contribution < 1.29 is 36.2 Å². The van der Waals surface area contributed by atoms with Gasteiger partial charge in [-0.2, -0.15) is 4.72 Å². The molecule has 1 saturated heterocycles. The minimum Gasteiger partial charge on any atom is -0.465 e. The molecule has 17 heteroatoms. The second kappa shape index (κ2) is 10.3. The summed E-state index contributed by atoms with van der Waals surface area (Å²) in [6, 6.07) is 2.00. The Morgan fingerprint density at radius 1 is 1.32 bits per heavy atom. The minimum absolute atomic E-state index is 0.0649. The minimum atomic E-state index is -4.38. The molecule has 1 amide bonds. The number of rotatable bonds is 8. The number of imidazole rings is 1. The summed E-state index contributed by atoms with van der Waals surface area (Å²) >= 11 is 0.492. The molecule has 3 aromatic rings. The Labute approximate surface area is 229 Å². The highest BCUT2D eigenvalue weighted by molar-refractivity contribution is 7.89. The van der Waals surface area contributed by atoms with E-state index >= 15 is 0 Å². The standard InChI is InChI=1S/C23H25F3N6O6S2/c1-3-30-17-15(13-4-5-31(22(34)35)12(2)6-13)7-14(40(36,37)29-23(9-24)10-38-11-23)8-16(17)32(21(30)33)20-28-27-19(39-20)18(25)26/h6-8,12,18,29H,3-5,9-11H2,1-2H3,(H,34,35). The number of aromatic nitrogens is 4. The van der Waals surface area contributed by atoms with Crippen LogP contribution >= 0.6 is 11.3 Å². The fourth-order valence-corrected chi connectivity index (χ4v) is 7.02. The molecule has 2 aliphatic rings. The normalized spacial score (nSPS) is 19.2. The largest absolute Gasteiger partial charge is 0.465 e. The highest BCUT2D eigenvalue weighted by Crippen LogP contribution is 2.35. The molecule has 5 rings (SSSR count). The van der Waals surface area contributed by atoms with E-state index in [1.165, 1.54) is 21.6 Å². The third-order valence-corrected chi connectivity index (χ3v) is 9.42. The number of carbonyl (C=O) groups is 1. The second-order valence-corrected chi connectivity index (χ2v) is 12.3. The fourth-order valence-electron chi connectivity index (χ4n) is 4.91. The van der Waals surface area contributed by atoms with Crippen molar-refractivity contribution in [3.8, 4) is 5.13 Å². The van der Waals surface area contributed by atoms with Crippen LogP contribution < -0.4 is 10.4 Å². The Bertz CT molecular complexity index is 1670. The first-order chi connectivity index (χ1) is 18.9. The highest BCUT2D eigenvalue weighted by Gasteiger charge is 2.43. The predicted octanol–water partition coefficient (Wildman–Crippen LogP) is 2.77. The van der Waals surface area contributed by atoms with Crippen LogP contribution in [0.4, 0.5) is 18.0 Å². The quantitative estimate of drug-likeness (QED) is 0.400. The summed E-state index contributed by atoms with van der Waals surface area (Å²) in [7, 11) is -4.38. The van der Waals surface area contributed by atoms with Gasteiger partial charge in [0.1, 0.15) is 12.2 Å². The maximum Gasteiger partial charge on any atom is 0.407 e. The van der Waals surface area contributed by atoms with Crippen LogP contribution in [0.15, 0.2) is 27.9 Å². The van der Waals surface area contributed by atoms with E-state index in [1.807, 2.05) is 0 Å². The van der Waals surface area contributed by atoms with Crippen molar-refractivity contribution in [3.05, 3.63) is 39.3 Å². The molecule has 2 aromatic heterocycles. The van der Waals surface area contributed by atoms with Crippen LogP contribution in [0.5, 0.6) is 0 Å². The monoisotopic (exact) mass is 602 g/mol. The first-order valence-electron chi connectivity index (χ1n) is 12.2. The number of halogens is 3. The number of nitrogens with zero attached hydrogens (tertiary/aromatic N) is 5. The molecule has 40 heavy (non-hydrogen) atoms. The number of carboxylic acid groups (broad SMARTS) is 1. The zero-order chi connectivity index (χ0) is 29.0. The summed E-state index contributed by atoms with van der Waals surface area (Å²) < 4.78 is 77.2. The molecule has 0 spiro atoms. The lowest BCUT2D eigenvalue weighted by atomic mass is 9.95. The predicted molar refractivity (Wildman–Crippen MR) is 138 cm³/mol. The molecule has 2 aliphatic heterocycles. The molecular weight excluding hydrogens is 577 g/mol. The molecule has 2 N–H and O–H groups in total. The Balaban J connectivity index is 1.78. The van der Waals surface area contributed by atoms with Crippen molar-refractivity contribution in [1.82, 2.24) is 29.0 Å². The van der Waals surface area contributed by atoms with Crippen LogP contribution in [0.3, 0.4) is 0 Å². The van der Waals surface area contributed by atoms with Gasteiger partial charge in [0.05, 0.1) is 35.2 Å². The van der Waals surface area contributed by atoms with Crippen LogP contribution in [0.1, 0.15) is 37.3 Å². The first kappa shape index (κ1) is 28.3. The lowest BCUT2D eigenvalue weighted by Gasteiger charge is -2.39. The molecule has 12 nitrogen and oxygen atoms in total. The number of alkyl halides is 3. The van der Waals surface area contributed by atoms with Crippen molar-refractivity contribution >= 4 is 44.1 Å². The summed E-state index contributed by atoms with van der Waals surface area (Å²) in [6.07, 6.45) is -2.16. The first-order valence-corrected chi connectivity index (χ1v) is 14.5. The van der Waals surface area contributed by atoms with Crippen molar-refractivity contribution in [2.24, 2.45) is 0 Å². The van der Waals surface area contributed by atoms with Gasteiger partial charge in [-0.05, 0) is 38.0 Å². The van der Waals surface area contributed by atoms with Gasteiger partial charge < -0.3 is 14.7 Å². The molecule has 1 fully saturated rings. The average molecular weight is 603 g/mol. The maximum absolute atomic E-state index is 13.8. The lowest BCUT2D eigenvalue weighted by molar-refractivity contribution is -0.0725. The Hall–Kier alpha value is -3.28. The Morgan fingerprint density at radius 2 is 2.05 bits per heavy atom. The van der Waals surface area contributed by atoms with E-state index in [2.05, 4.69) is 14.9 Å². The van der Waals surface area contributed by atoms with Crippen LogP contribution in [-0.2, 0) is 21.3 Å². The molecule has 0 bridgehead atoms. The highest BCUT2D eigenvalue weighted by atomic mass is 32.2. The number of aryl methyl sites for hydroxylation is 1. The third-order valence-electron chi connectivity index (χ3n) is 6.94. The van der Waals surface area contributed by atoms with Gasteiger partial charge in [-0.15, -0.1) is 10.2 Å². The zero-order valence-corrected chi connectivity index (χ0v) is 22.9. The summed E-state index contributed by atoms with van der Waals surface area (Å²) in [5, 5.41) is 15.9. The average Bonchev–Trinajstić information content (AvgIpc) is 3.47. The van der Waals surface area contributed by atoms with Crippen molar-refractivity contribution in [2.45, 2.75) is 49.7 Å². The summed E-state index contributed by atoms with van der Waals surface area (Å²) in [5.74, 6) is 0. The number of benzene rings is 1. The number of hydrogen-bond acceptors (Lipinski definition) is 8. The van der Waals surface area contributed by atoms with Gasteiger partial charge in [-0.25, -0.2) is 35.7 Å². The lowest BCUT2D eigenvalue weighted by Crippen LogP contribution is -2.63. The van der Waals surface area contributed by atoms with Crippen LogP contribution in [0.25, 0.3) is 21.7 Å². The van der Waals surface area contributed by atoms with Gasteiger partial charge >= 0.3 is 11.8 Å². The van der Waals surface area contributed by atoms with Gasteiger partial charge in [0.15, 0.2) is 5.01 Å².